The zero-order valence-electron chi connectivity index (χ0n) is 21.7. The number of ether oxygens (including phenoxy) is 2. The van der Waals surface area contributed by atoms with Crippen molar-refractivity contribution in [2.45, 2.75) is 37.6 Å². The molecule has 1 saturated heterocycles. The van der Waals surface area contributed by atoms with E-state index in [1.807, 2.05) is 11.9 Å². The van der Waals surface area contributed by atoms with Crippen LogP contribution in [0.4, 0.5) is 5.82 Å². The molecule has 37 heavy (non-hydrogen) atoms. The molecule has 1 aromatic carbocycles. The largest absolute Gasteiger partial charge is 0.493 e. The van der Waals surface area contributed by atoms with Gasteiger partial charge in [0.05, 0.1) is 14.2 Å². The third-order valence-corrected chi connectivity index (χ3v) is 8.43. The Balaban J connectivity index is 1.11. The first-order valence-electron chi connectivity index (χ1n) is 13.1. The maximum atomic E-state index is 13.5. The van der Waals surface area contributed by atoms with Gasteiger partial charge >= 0.3 is 0 Å². The second kappa shape index (κ2) is 9.44. The number of fused-ring (bicyclic) bond motifs is 3. The molecule has 3 aliphatic rings. The van der Waals surface area contributed by atoms with Gasteiger partial charge in [-0.1, -0.05) is 5.21 Å². The van der Waals surface area contributed by atoms with Crippen molar-refractivity contribution >= 4 is 22.9 Å². The lowest BCUT2D eigenvalue weighted by Crippen LogP contribution is -2.53. The van der Waals surface area contributed by atoms with Gasteiger partial charge < -0.3 is 24.6 Å². The van der Waals surface area contributed by atoms with Crippen molar-refractivity contribution in [2.75, 3.05) is 51.8 Å². The number of methoxy groups -OCH3 is 2. The fourth-order valence-electron chi connectivity index (χ4n) is 6.38. The van der Waals surface area contributed by atoms with Crippen molar-refractivity contribution < 1.29 is 14.3 Å². The quantitative estimate of drug-likeness (QED) is 0.565. The van der Waals surface area contributed by atoms with E-state index in [0.717, 1.165) is 69.1 Å². The fourth-order valence-corrected chi connectivity index (χ4v) is 6.38. The van der Waals surface area contributed by atoms with Crippen LogP contribution in [0.5, 0.6) is 11.5 Å². The zero-order valence-corrected chi connectivity index (χ0v) is 21.7. The third-order valence-electron chi connectivity index (χ3n) is 8.43. The molecule has 0 bridgehead atoms. The molecule has 0 radical (unpaired) electrons. The molecule has 11 nitrogen and oxygen atoms in total. The minimum Gasteiger partial charge on any atom is -0.493 e. The lowest BCUT2D eigenvalue weighted by molar-refractivity contribution is -0.137. The van der Waals surface area contributed by atoms with Gasteiger partial charge in [-0.05, 0) is 55.4 Å². The molecule has 2 fully saturated rings. The Morgan fingerprint density at radius 3 is 2.51 bits per heavy atom. The zero-order chi connectivity index (χ0) is 25.6. The number of aryl methyl sites for hydroxylation is 1. The van der Waals surface area contributed by atoms with E-state index in [1.165, 1.54) is 11.1 Å². The summed E-state index contributed by atoms with van der Waals surface area (Å²) < 4.78 is 12.8. The average Bonchev–Trinajstić information content (AvgIpc) is 3.33. The summed E-state index contributed by atoms with van der Waals surface area (Å²) in [7, 11) is 5.19. The predicted octanol–water partition coefficient (Wildman–Crippen LogP) is 1.66. The number of hydrogen-bond donors (Lipinski definition) is 1. The Kier molecular flexibility index (Phi) is 6.10. The minimum absolute atomic E-state index is 0.0650. The summed E-state index contributed by atoms with van der Waals surface area (Å²) >= 11 is 0. The van der Waals surface area contributed by atoms with Crippen LogP contribution in [0.25, 0.3) is 11.2 Å². The number of amides is 1. The normalized spacial score (nSPS) is 23.8. The van der Waals surface area contributed by atoms with Crippen molar-refractivity contribution in [2.24, 2.45) is 13.0 Å². The topological polar surface area (TPSA) is 111 Å². The van der Waals surface area contributed by atoms with E-state index in [2.05, 4.69) is 42.6 Å². The van der Waals surface area contributed by atoms with Crippen LogP contribution in [0.3, 0.4) is 0 Å². The molecule has 11 heteroatoms. The highest BCUT2D eigenvalue weighted by Crippen LogP contribution is 2.46. The van der Waals surface area contributed by atoms with Gasteiger partial charge in [-0.3, -0.25) is 4.79 Å². The number of aromatic nitrogens is 5. The fraction of sp³-hybridized carbons (Fsp3) is 0.577. The number of nitrogens with zero attached hydrogens (tertiary/aromatic N) is 7. The lowest BCUT2D eigenvalue weighted by atomic mass is 9.69. The maximum Gasteiger partial charge on any atom is 0.225 e. The van der Waals surface area contributed by atoms with E-state index >= 15 is 0 Å². The van der Waals surface area contributed by atoms with Gasteiger partial charge in [0.25, 0.3) is 0 Å². The first kappa shape index (κ1) is 23.9. The van der Waals surface area contributed by atoms with Crippen LogP contribution in [0.15, 0.2) is 18.5 Å². The lowest BCUT2D eigenvalue weighted by Gasteiger charge is -2.46. The second-order valence-electron chi connectivity index (χ2n) is 10.3. The van der Waals surface area contributed by atoms with Crippen LogP contribution < -0.4 is 19.7 Å². The Labute approximate surface area is 216 Å². The monoisotopic (exact) mass is 506 g/mol. The molecule has 4 heterocycles. The summed E-state index contributed by atoms with van der Waals surface area (Å²) in [6, 6.07) is 4.27. The number of nitrogens with one attached hydrogen (secondary N) is 1. The highest BCUT2D eigenvalue weighted by molar-refractivity contribution is 5.83. The predicted molar refractivity (Wildman–Crippen MR) is 138 cm³/mol. The molecule has 196 valence electrons. The molecule has 3 aromatic rings. The van der Waals surface area contributed by atoms with Crippen LogP contribution in [0.2, 0.25) is 0 Å². The second-order valence-corrected chi connectivity index (χ2v) is 10.3. The number of carbonyl (C=O) groups excluding carboxylic acids is 1. The summed E-state index contributed by atoms with van der Waals surface area (Å²) in [5.41, 5.74) is 3.94. The standard InChI is InChI=1S/C26H34N8O3/c1-32-23-22(30-31-32)24(28-16-27-23)33-10-12-34(13-11-33)25(35)17-4-7-26(8-5-17)19-15-21(37-3)20(36-2)14-18(19)6-9-29-26/h14-17,29H,4-13H2,1-3H3/t17-,26-. The molecule has 1 amide bonds. The van der Waals surface area contributed by atoms with Crippen molar-refractivity contribution in [1.82, 2.24) is 35.2 Å². The van der Waals surface area contributed by atoms with Gasteiger partial charge in [0.1, 0.15) is 6.33 Å². The number of rotatable bonds is 4. The SMILES string of the molecule is COc1cc2c(cc1OC)[C@]1(CC[C@@H](C(=O)N3CCN(c4ncnc5c4nnn5C)CC3)CC1)NCC2. The molecule has 1 N–H and O–H groups in total. The molecule has 1 aliphatic carbocycles. The molecule has 2 aliphatic heterocycles. The minimum atomic E-state index is -0.0995. The molecule has 0 atom stereocenters. The first-order chi connectivity index (χ1) is 18.0. The molecule has 6 rings (SSSR count). The van der Waals surface area contributed by atoms with Crippen molar-refractivity contribution in [3.05, 3.63) is 29.6 Å². The van der Waals surface area contributed by atoms with Crippen molar-refractivity contribution in [3.63, 3.8) is 0 Å². The number of anilines is 1. The van der Waals surface area contributed by atoms with Crippen LogP contribution >= 0.6 is 0 Å². The third kappa shape index (κ3) is 4.05. The van der Waals surface area contributed by atoms with Crippen molar-refractivity contribution in [1.29, 1.82) is 0 Å². The smallest absolute Gasteiger partial charge is 0.225 e. The van der Waals surface area contributed by atoms with E-state index in [9.17, 15) is 4.79 Å². The summed E-state index contributed by atoms with van der Waals surface area (Å²) in [6.07, 6.45) is 6.17. The summed E-state index contributed by atoms with van der Waals surface area (Å²) in [5, 5.41) is 12.1. The Bertz CT molecular complexity index is 1310. The van der Waals surface area contributed by atoms with E-state index in [-0.39, 0.29) is 17.4 Å². The molecular weight excluding hydrogens is 472 g/mol. The van der Waals surface area contributed by atoms with E-state index < -0.39 is 0 Å². The van der Waals surface area contributed by atoms with E-state index in [1.54, 1.807) is 25.2 Å². The highest BCUT2D eigenvalue weighted by atomic mass is 16.5. The Morgan fingerprint density at radius 2 is 1.78 bits per heavy atom. The first-order valence-corrected chi connectivity index (χ1v) is 13.1. The maximum absolute atomic E-state index is 13.5. The van der Waals surface area contributed by atoms with Gasteiger partial charge in [0.15, 0.2) is 28.5 Å². The average molecular weight is 507 g/mol. The van der Waals surface area contributed by atoms with Gasteiger partial charge in [-0.25, -0.2) is 14.6 Å². The van der Waals surface area contributed by atoms with Crippen LogP contribution in [0.1, 0.15) is 36.8 Å². The van der Waals surface area contributed by atoms with Crippen LogP contribution in [0, 0.1) is 5.92 Å². The molecular formula is C26H34N8O3. The van der Waals surface area contributed by atoms with Crippen LogP contribution in [-0.4, -0.2) is 82.7 Å². The van der Waals surface area contributed by atoms with Crippen molar-refractivity contribution in [3.8, 4) is 11.5 Å². The molecule has 1 saturated carbocycles. The molecule has 2 aromatic heterocycles. The number of benzene rings is 1. The Hall–Kier alpha value is -3.47. The van der Waals surface area contributed by atoms with Gasteiger partial charge in [-0.15, -0.1) is 5.10 Å². The van der Waals surface area contributed by atoms with Gasteiger partial charge in [0.2, 0.25) is 5.91 Å². The van der Waals surface area contributed by atoms with Gasteiger partial charge in [0, 0.05) is 51.2 Å². The summed E-state index contributed by atoms with van der Waals surface area (Å²) in [6.45, 7) is 3.75. The van der Waals surface area contributed by atoms with Gasteiger partial charge in [-0.2, -0.15) is 0 Å². The van der Waals surface area contributed by atoms with E-state index in [0.29, 0.717) is 24.3 Å². The summed E-state index contributed by atoms with van der Waals surface area (Å²) in [4.78, 5) is 26.5. The molecule has 1 spiro atoms. The number of hydrogen-bond acceptors (Lipinski definition) is 9. The highest BCUT2D eigenvalue weighted by Gasteiger charge is 2.43. The number of piperazine rings is 1. The number of carbonyl (C=O) groups is 1. The van der Waals surface area contributed by atoms with Crippen LogP contribution in [-0.2, 0) is 23.8 Å². The Morgan fingerprint density at radius 1 is 1.05 bits per heavy atom. The summed E-state index contributed by atoms with van der Waals surface area (Å²) in [5.74, 6) is 2.69. The van der Waals surface area contributed by atoms with E-state index in [4.69, 9.17) is 9.47 Å². The molecule has 0 unspecified atom stereocenters.